The molecule has 0 bridgehead atoms. The maximum Gasteiger partial charge on any atom is 0.416 e. The molecule has 0 fully saturated rings. The molecule has 0 radical (unpaired) electrons. The summed E-state index contributed by atoms with van der Waals surface area (Å²) in [7, 11) is 1.18. The van der Waals surface area contributed by atoms with Gasteiger partial charge in [0.25, 0.3) is 0 Å². The van der Waals surface area contributed by atoms with E-state index in [2.05, 4.69) is 4.98 Å². The van der Waals surface area contributed by atoms with Crippen LogP contribution in [0.15, 0.2) is 24.3 Å². The highest BCUT2D eigenvalue weighted by Gasteiger charge is 2.35. The Hall–Kier alpha value is -3.04. The first-order valence-electron chi connectivity index (χ1n) is 9.70. The molecule has 3 rings (SSSR count). The van der Waals surface area contributed by atoms with Crippen LogP contribution in [0.4, 0.5) is 18.0 Å². The third kappa shape index (κ3) is 5.00. The van der Waals surface area contributed by atoms with Crippen LogP contribution in [-0.2, 0) is 35.2 Å². The highest BCUT2D eigenvalue weighted by atomic mass is 19.4. The van der Waals surface area contributed by atoms with E-state index in [0.717, 1.165) is 6.07 Å². The van der Waals surface area contributed by atoms with E-state index in [4.69, 9.17) is 9.47 Å². The minimum absolute atomic E-state index is 0.00919. The van der Waals surface area contributed by atoms with Gasteiger partial charge in [-0.1, -0.05) is 18.2 Å². The molecule has 1 aromatic carbocycles. The minimum Gasteiger partial charge on any atom is -0.463 e. The Labute approximate surface area is 177 Å². The van der Waals surface area contributed by atoms with Gasteiger partial charge in [0, 0.05) is 18.7 Å². The van der Waals surface area contributed by atoms with E-state index in [0.29, 0.717) is 17.8 Å². The Kier molecular flexibility index (Phi) is 6.02. The smallest absolute Gasteiger partial charge is 0.416 e. The number of imidazole rings is 1. The molecule has 31 heavy (non-hydrogen) atoms. The summed E-state index contributed by atoms with van der Waals surface area (Å²) in [6.45, 7) is 5.43. The SMILES string of the molecule is COC(=O)c1nc2c(n1Cc1ccccc1C(F)(F)F)CCN(C(=O)OC(C)(C)C)C2. The van der Waals surface area contributed by atoms with Gasteiger partial charge in [-0.3, -0.25) is 0 Å². The van der Waals surface area contributed by atoms with E-state index in [1.807, 2.05) is 0 Å². The summed E-state index contributed by atoms with van der Waals surface area (Å²) in [4.78, 5) is 30.4. The number of amides is 1. The van der Waals surface area contributed by atoms with E-state index in [9.17, 15) is 22.8 Å². The molecule has 1 amide bonds. The molecule has 10 heteroatoms. The molecule has 2 aromatic rings. The number of nitrogens with zero attached hydrogens (tertiary/aromatic N) is 3. The van der Waals surface area contributed by atoms with Gasteiger partial charge in [-0.05, 0) is 32.4 Å². The number of rotatable bonds is 3. The van der Waals surface area contributed by atoms with E-state index < -0.39 is 29.4 Å². The summed E-state index contributed by atoms with van der Waals surface area (Å²) in [6.07, 6.45) is -4.74. The van der Waals surface area contributed by atoms with E-state index in [-0.39, 0.29) is 31.0 Å². The number of hydrogen-bond donors (Lipinski definition) is 0. The van der Waals surface area contributed by atoms with Gasteiger partial charge in [-0.15, -0.1) is 0 Å². The summed E-state index contributed by atoms with van der Waals surface area (Å²) in [5, 5.41) is 0. The Morgan fingerprint density at radius 3 is 2.45 bits per heavy atom. The molecular formula is C21H24F3N3O4. The lowest BCUT2D eigenvalue weighted by Gasteiger charge is -2.30. The van der Waals surface area contributed by atoms with Crippen molar-refractivity contribution in [3.8, 4) is 0 Å². The molecule has 0 spiro atoms. The van der Waals surface area contributed by atoms with Gasteiger partial charge < -0.3 is 18.9 Å². The van der Waals surface area contributed by atoms with Crippen molar-refractivity contribution >= 4 is 12.1 Å². The molecular weight excluding hydrogens is 415 g/mol. The Balaban J connectivity index is 1.97. The van der Waals surface area contributed by atoms with E-state index in [1.165, 1.54) is 34.8 Å². The van der Waals surface area contributed by atoms with Crippen LogP contribution in [0.1, 0.15) is 53.9 Å². The maximum atomic E-state index is 13.4. The Morgan fingerprint density at radius 1 is 1.16 bits per heavy atom. The van der Waals surface area contributed by atoms with Crippen LogP contribution >= 0.6 is 0 Å². The summed E-state index contributed by atoms with van der Waals surface area (Å²) < 4.78 is 51.9. The third-order valence-corrected chi connectivity index (χ3v) is 4.79. The molecule has 0 saturated carbocycles. The van der Waals surface area contributed by atoms with Crippen molar-refractivity contribution in [2.45, 2.75) is 52.1 Å². The number of methoxy groups -OCH3 is 1. The van der Waals surface area contributed by atoms with Crippen LogP contribution in [0.5, 0.6) is 0 Å². The molecule has 0 unspecified atom stereocenters. The zero-order valence-corrected chi connectivity index (χ0v) is 17.7. The quantitative estimate of drug-likeness (QED) is 0.676. The van der Waals surface area contributed by atoms with Gasteiger partial charge in [0.15, 0.2) is 0 Å². The fraction of sp³-hybridized carbons (Fsp3) is 0.476. The normalized spacial score (nSPS) is 14.2. The number of fused-ring (bicyclic) bond motifs is 1. The zero-order valence-electron chi connectivity index (χ0n) is 17.7. The van der Waals surface area contributed by atoms with Crippen LogP contribution < -0.4 is 0 Å². The number of carbonyl (C=O) groups is 2. The van der Waals surface area contributed by atoms with E-state index >= 15 is 0 Å². The molecule has 168 valence electrons. The lowest BCUT2D eigenvalue weighted by molar-refractivity contribution is -0.138. The van der Waals surface area contributed by atoms with Gasteiger partial charge >= 0.3 is 18.2 Å². The molecule has 0 saturated heterocycles. The number of carbonyl (C=O) groups excluding carboxylic acids is 2. The summed E-state index contributed by atoms with van der Waals surface area (Å²) >= 11 is 0. The lowest BCUT2D eigenvalue weighted by atomic mass is 10.1. The fourth-order valence-electron chi connectivity index (χ4n) is 3.45. The van der Waals surface area contributed by atoms with Crippen molar-refractivity contribution in [3.63, 3.8) is 0 Å². The first kappa shape index (κ1) is 22.6. The van der Waals surface area contributed by atoms with Gasteiger partial charge in [-0.2, -0.15) is 13.2 Å². The minimum atomic E-state index is -4.53. The number of aromatic nitrogens is 2. The van der Waals surface area contributed by atoms with E-state index in [1.54, 1.807) is 20.8 Å². The summed E-state index contributed by atoms with van der Waals surface area (Å²) in [6, 6.07) is 5.19. The zero-order chi connectivity index (χ0) is 23.0. The largest absolute Gasteiger partial charge is 0.463 e. The molecule has 1 aromatic heterocycles. The second-order valence-corrected chi connectivity index (χ2v) is 8.21. The number of benzene rings is 1. The standard InChI is InChI=1S/C21H24F3N3O4/c1-20(2,3)31-19(29)26-10-9-16-15(12-26)25-17(18(28)30-4)27(16)11-13-7-5-6-8-14(13)21(22,23)24/h5-8H,9-12H2,1-4H3. The molecule has 0 aliphatic carbocycles. The second kappa shape index (κ2) is 8.24. The number of hydrogen-bond acceptors (Lipinski definition) is 5. The molecule has 0 N–H and O–H groups in total. The Bertz CT molecular complexity index is 993. The monoisotopic (exact) mass is 439 g/mol. The number of alkyl halides is 3. The average molecular weight is 439 g/mol. The van der Waals surface area contributed by atoms with Gasteiger partial charge in [0.1, 0.15) is 5.60 Å². The van der Waals surface area contributed by atoms with Gasteiger partial charge in [0.05, 0.1) is 31.5 Å². The molecule has 1 aliphatic rings. The average Bonchev–Trinajstić information content (AvgIpc) is 3.03. The number of halogens is 3. The number of ether oxygens (including phenoxy) is 2. The number of esters is 1. The van der Waals surface area contributed by atoms with Crippen LogP contribution in [-0.4, -0.2) is 45.8 Å². The van der Waals surface area contributed by atoms with Gasteiger partial charge in [-0.25, -0.2) is 14.6 Å². The van der Waals surface area contributed by atoms with Crippen LogP contribution in [0.3, 0.4) is 0 Å². The Morgan fingerprint density at radius 2 is 1.84 bits per heavy atom. The maximum absolute atomic E-state index is 13.4. The van der Waals surface area contributed by atoms with Crippen molar-refractivity contribution < 1.29 is 32.2 Å². The molecule has 7 nitrogen and oxygen atoms in total. The highest BCUT2D eigenvalue weighted by Crippen LogP contribution is 2.33. The van der Waals surface area contributed by atoms with Crippen molar-refractivity contribution in [1.29, 1.82) is 0 Å². The lowest BCUT2D eigenvalue weighted by Crippen LogP contribution is -2.40. The topological polar surface area (TPSA) is 73.7 Å². The summed E-state index contributed by atoms with van der Waals surface area (Å²) in [5.74, 6) is -0.863. The van der Waals surface area contributed by atoms with Crippen LogP contribution in [0.25, 0.3) is 0 Å². The first-order chi connectivity index (χ1) is 14.4. The first-order valence-corrected chi connectivity index (χ1v) is 9.70. The molecule has 2 heterocycles. The van der Waals surface area contributed by atoms with Crippen molar-refractivity contribution in [2.75, 3.05) is 13.7 Å². The van der Waals surface area contributed by atoms with Crippen molar-refractivity contribution in [1.82, 2.24) is 14.5 Å². The van der Waals surface area contributed by atoms with Crippen LogP contribution in [0.2, 0.25) is 0 Å². The van der Waals surface area contributed by atoms with Crippen molar-refractivity contribution in [2.24, 2.45) is 0 Å². The van der Waals surface area contributed by atoms with Crippen LogP contribution in [0, 0.1) is 0 Å². The molecule has 0 atom stereocenters. The van der Waals surface area contributed by atoms with Gasteiger partial charge in [0.2, 0.25) is 5.82 Å². The second-order valence-electron chi connectivity index (χ2n) is 8.21. The highest BCUT2D eigenvalue weighted by molar-refractivity contribution is 5.86. The predicted octanol–water partition coefficient (Wildman–Crippen LogP) is 4.03. The molecule has 1 aliphatic heterocycles. The fourth-order valence-corrected chi connectivity index (χ4v) is 3.45. The van der Waals surface area contributed by atoms with Crippen molar-refractivity contribution in [3.05, 3.63) is 52.6 Å². The summed E-state index contributed by atoms with van der Waals surface area (Å²) in [5.41, 5.74) is -0.413. The predicted molar refractivity (Wildman–Crippen MR) is 104 cm³/mol. The third-order valence-electron chi connectivity index (χ3n) is 4.79.